The predicted octanol–water partition coefficient (Wildman–Crippen LogP) is 2.65. The van der Waals surface area contributed by atoms with E-state index in [2.05, 4.69) is 16.2 Å². The normalized spacial score (nSPS) is 11.3. The van der Waals surface area contributed by atoms with E-state index in [9.17, 15) is 4.79 Å². The number of thioether (sulfide) groups is 1. The summed E-state index contributed by atoms with van der Waals surface area (Å²) in [6.07, 6.45) is 0. The third-order valence-electron chi connectivity index (χ3n) is 2.86. The van der Waals surface area contributed by atoms with Gasteiger partial charge in [0.05, 0.1) is 0 Å². The van der Waals surface area contributed by atoms with Gasteiger partial charge in [0.15, 0.2) is 5.11 Å². The summed E-state index contributed by atoms with van der Waals surface area (Å²) in [6.45, 7) is 0. The molecule has 0 radical (unpaired) electrons. The maximum Gasteiger partial charge on any atom is 0.256 e. The lowest BCUT2D eigenvalue weighted by molar-refractivity contribution is -0.121. The predicted molar refractivity (Wildman–Crippen MR) is 94.4 cm³/mol. The molecule has 0 aromatic heterocycles. The zero-order valence-corrected chi connectivity index (χ0v) is 13.7. The number of rotatable bonds is 4. The maximum absolute atomic E-state index is 12.5. The number of hydrogen-bond acceptors (Lipinski definition) is 3. The molecule has 22 heavy (non-hydrogen) atoms. The molecule has 0 aliphatic carbocycles. The number of benzene rings is 2. The number of hydrazine groups is 1. The van der Waals surface area contributed by atoms with Gasteiger partial charge in [-0.3, -0.25) is 15.6 Å². The number of amides is 1. The van der Waals surface area contributed by atoms with Gasteiger partial charge in [0.1, 0.15) is 5.25 Å². The van der Waals surface area contributed by atoms with Crippen LogP contribution in [0.3, 0.4) is 0 Å². The topological polar surface area (TPSA) is 53.2 Å². The van der Waals surface area contributed by atoms with Gasteiger partial charge in [0.25, 0.3) is 5.91 Å². The standard InChI is InChI=1S/C16H17N3OS2/c1-17-16(21)19-18-15(20)14(12-8-4-2-5-9-12)22-13-10-6-3-7-11-13/h2-11,14H,1H3,(H,18,20)(H2,17,19,21)/t14-/m0/s1. The molecule has 0 aliphatic heterocycles. The minimum atomic E-state index is -0.365. The Morgan fingerprint density at radius 2 is 1.59 bits per heavy atom. The summed E-state index contributed by atoms with van der Waals surface area (Å²) in [5, 5.41) is 2.75. The fourth-order valence-corrected chi connectivity index (χ4v) is 2.88. The lowest BCUT2D eigenvalue weighted by atomic mass is 10.1. The highest BCUT2D eigenvalue weighted by molar-refractivity contribution is 8.00. The van der Waals surface area contributed by atoms with E-state index < -0.39 is 0 Å². The van der Waals surface area contributed by atoms with Crippen molar-refractivity contribution in [1.29, 1.82) is 0 Å². The Hall–Kier alpha value is -2.05. The van der Waals surface area contributed by atoms with Crippen LogP contribution >= 0.6 is 24.0 Å². The van der Waals surface area contributed by atoms with Crippen molar-refractivity contribution in [2.24, 2.45) is 0 Å². The van der Waals surface area contributed by atoms with Gasteiger partial charge in [0, 0.05) is 11.9 Å². The zero-order valence-electron chi connectivity index (χ0n) is 12.1. The Morgan fingerprint density at radius 1 is 1.00 bits per heavy atom. The molecule has 2 aromatic rings. The van der Waals surface area contributed by atoms with Crippen LogP contribution in [0.4, 0.5) is 0 Å². The summed E-state index contributed by atoms with van der Waals surface area (Å²) in [4.78, 5) is 13.5. The third kappa shape index (κ3) is 4.75. The quantitative estimate of drug-likeness (QED) is 0.457. The molecule has 1 atom stereocenters. The van der Waals surface area contributed by atoms with Crippen molar-refractivity contribution in [3.8, 4) is 0 Å². The number of hydrogen-bond donors (Lipinski definition) is 3. The zero-order chi connectivity index (χ0) is 15.8. The van der Waals surface area contributed by atoms with E-state index in [0.29, 0.717) is 5.11 Å². The molecule has 114 valence electrons. The molecule has 0 aliphatic rings. The molecule has 6 heteroatoms. The number of thiocarbonyl (C=S) groups is 1. The third-order valence-corrected chi connectivity index (χ3v) is 4.44. The Morgan fingerprint density at radius 3 is 2.18 bits per heavy atom. The Kier molecular flexibility index (Phi) is 6.24. The van der Waals surface area contributed by atoms with Crippen molar-refractivity contribution >= 4 is 35.0 Å². The molecule has 0 spiro atoms. The molecule has 0 saturated heterocycles. The van der Waals surface area contributed by atoms with Crippen LogP contribution in [0, 0.1) is 0 Å². The van der Waals surface area contributed by atoms with Crippen LogP contribution in [-0.4, -0.2) is 18.1 Å². The van der Waals surface area contributed by atoms with Crippen LogP contribution in [-0.2, 0) is 4.79 Å². The summed E-state index contributed by atoms with van der Waals surface area (Å²) in [5.74, 6) is -0.155. The van der Waals surface area contributed by atoms with Gasteiger partial charge >= 0.3 is 0 Å². The van der Waals surface area contributed by atoms with E-state index in [1.807, 2.05) is 60.7 Å². The van der Waals surface area contributed by atoms with Crippen LogP contribution < -0.4 is 16.2 Å². The van der Waals surface area contributed by atoms with Gasteiger partial charge in [-0.2, -0.15) is 0 Å². The summed E-state index contributed by atoms with van der Waals surface area (Å²) in [6, 6.07) is 19.5. The minimum Gasteiger partial charge on any atom is -0.364 e. The summed E-state index contributed by atoms with van der Waals surface area (Å²) < 4.78 is 0. The second-order valence-corrected chi connectivity index (χ2v) is 6.00. The van der Waals surface area contributed by atoms with Gasteiger partial charge in [-0.25, -0.2) is 0 Å². The van der Waals surface area contributed by atoms with Crippen molar-refractivity contribution in [1.82, 2.24) is 16.2 Å². The van der Waals surface area contributed by atoms with E-state index in [1.54, 1.807) is 7.05 Å². The highest BCUT2D eigenvalue weighted by Gasteiger charge is 2.21. The van der Waals surface area contributed by atoms with Crippen molar-refractivity contribution in [3.05, 3.63) is 66.2 Å². The monoisotopic (exact) mass is 331 g/mol. The van der Waals surface area contributed by atoms with Crippen molar-refractivity contribution in [2.45, 2.75) is 10.1 Å². The first kappa shape index (κ1) is 16.3. The second-order valence-electron chi connectivity index (χ2n) is 4.42. The molecular formula is C16H17N3OS2. The van der Waals surface area contributed by atoms with Crippen LogP contribution in [0.15, 0.2) is 65.6 Å². The molecular weight excluding hydrogens is 314 g/mol. The lowest BCUT2D eigenvalue weighted by Crippen LogP contribution is -2.46. The van der Waals surface area contributed by atoms with Gasteiger partial charge in [-0.15, -0.1) is 11.8 Å². The van der Waals surface area contributed by atoms with Crippen molar-refractivity contribution < 1.29 is 4.79 Å². The van der Waals surface area contributed by atoms with Crippen molar-refractivity contribution in [3.63, 3.8) is 0 Å². The first-order valence-corrected chi connectivity index (χ1v) is 8.03. The SMILES string of the molecule is CNC(=S)NNC(=O)[C@@H](Sc1ccccc1)c1ccccc1. The van der Waals surface area contributed by atoms with Gasteiger partial charge < -0.3 is 5.32 Å². The van der Waals surface area contributed by atoms with E-state index >= 15 is 0 Å². The van der Waals surface area contributed by atoms with E-state index in [-0.39, 0.29) is 11.2 Å². The Bertz CT molecular complexity index is 620. The average Bonchev–Trinajstić information content (AvgIpc) is 2.59. The van der Waals surface area contributed by atoms with Gasteiger partial charge in [-0.1, -0.05) is 48.5 Å². The smallest absolute Gasteiger partial charge is 0.256 e. The lowest BCUT2D eigenvalue weighted by Gasteiger charge is -2.18. The highest BCUT2D eigenvalue weighted by atomic mass is 32.2. The molecule has 0 heterocycles. The van der Waals surface area contributed by atoms with E-state index in [1.165, 1.54) is 11.8 Å². The largest absolute Gasteiger partial charge is 0.364 e. The Balaban J connectivity index is 2.15. The summed E-state index contributed by atoms with van der Waals surface area (Å²) in [5.41, 5.74) is 6.25. The first-order chi connectivity index (χ1) is 10.7. The molecule has 0 saturated carbocycles. The molecule has 0 bridgehead atoms. The fraction of sp³-hybridized carbons (Fsp3) is 0.125. The highest BCUT2D eigenvalue weighted by Crippen LogP contribution is 2.35. The summed E-state index contributed by atoms with van der Waals surface area (Å²) >= 11 is 6.46. The molecule has 2 aromatic carbocycles. The molecule has 4 nitrogen and oxygen atoms in total. The maximum atomic E-state index is 12.5. The summed E-state index contributed by atoms with van der Waals surface area (Å²) in [7, 11) is 1.69. The fourth-order valence-electron chi connectivity index (χ4n) is 1.78. The molecule has 0 unspecified atom stereocenters. The van der Waals surface area contributed by atoms with Crippen LogP contribution in [0.1, 0.15) is 10.8 Å². The Labute approximate surface area is 139 Å². The van der Waals surface area contributed by atoms with E-state index in [0.717, 1.165) is 10.5 Å². The minimum absolute atomic E-state index is 0.155. The molecule has 2 rings (SSSR count). The van der Waals surface area contributed by atoms with E-state index in [4.69, 9.17) is 12.2 Å². The number of carbonyl (C=O) groups excluding carboxylic acids is 1. The van der Waals surface area contributed by atoms with Crippen LogP contribution in [0.5, 0.6) is 0 Å². The molecule has 1 amide bonds. The van der Waals surface area contributed by atoms with Crippen molar-refractivity contribution in [2.75, 3.05) is 7.05 Å². The number of nitrogens with one attached hydrogen (secondary N) is 3. The van der Waals surface area contributed by atoms with Gasteiger partial charge in [0.2, 0.25) is 0 Å². The average molecular weight is 331 g/mol. The van der Waals surface area contributed by atoms with Crippen LogP contribution in [0.25, 0.3) is 0 Å². The van der Waals surface area contributed by atoms with Crippen LogP contribution in [0.2, 0.25) is 0 Å². The first-order valence-electron chi connectivity index (χ1n) is 6.75. The molecule has 0 fully saturated rings. The number of carbonyl (C=O) groups is 1. The second kappa shape index (κ2) is 8.41. The van der Waals surface area contributed by atoms with Gasteiger partial charge in [-0.05, 0) is 29.9 Å². The molecule has 3 N–H and O–H groups in total.